The van der Waals surface area contributed by atoms with E-state index in [1.54, 1.807) is 7.11 Å². The molecule has 2 aliphatic heterocycles. The fourth-order valence-corrected chi connectivity index (χ4v) is 5.75. The van der Waals surface area contributed by atoms with Crippen LogP contribution in [0.15, 0.2) is 24.3 Å². The summed E-state index contributed by atoms with van der Waals surface area (Å²) < 4.78 is 12.9. The summed E-state index contributed by atoms with van der Waals surface area (Å²) >= 11 is 0. The molecule has 4 heteroatoms. The van der Waals surface area contributed by atoms with Crippen molar-refractivity contribution >= 4 is 0 Å². The minimum atomic E-state index is -0.538. The number of piperidine rings is 1. The number of benzene rings is 1. The molecule has 0 aromatic heterocycles. The second kappa shape index (κ2) is 4.11. The lowest BCUT2D eigenvalue weighted by molar-refractivity contribution is -0.926. The Morgan fingerprint density at radius 1 is 1.30 bits per heavy atom. The monoisotopic (exact) mass is 314 g/mol. The molecule has 2 aliphatic carbocycles. The van der Waals surface area contributed by atoms with E-state index >= 15 is 0 Å². The van der Waals surface area contributed by atoms with Crippen molar-refractivity contribution in [3.8, 4) is 11.5 Å². The van der Waals surface area contributed by atoms with Gasteiger partial charge in [0.25, 0.3) is 0 Å². The summed E-state index contributed by atoms with van der Waals surface area (Å²) in [6, 6.07) is 4.79. The number of nitrogens with zero attached hydrogens (tertiary/aromatic N) is 1. The average Bonchev–Trinajstić information content (AvgIpc) is 2.88. The lowest BCUT2D eigenvalue weighted by atomic mass is 9.53. The first-order valence-corrected chi connectivity index (χ1v) is 8.55. The zero-order chi connectivity index (χ0) is 16.0. The average molecular weight is 314 g/mol. The van der Waals surface area contributed by atoms with Gasteiger partial charge in [0.15, 0.2) is 11.5 Å². The number of aliphatic hydroxyl groups excluding tert-OH is 1. The van der Waals surface area contributed by atoms with E-state index in [9.17, 15) is 5.11 Å². The van der Waals surface area contributed by atoms with Crippen LogP contribution in [0.3, 0.4) is 0 Å². The molecule has 5 rings (SSSR count). The first kappa shape index (κ1) is 13.9. The summed E-state index contributed by atoms with van der Waals surface area (Å²) in [4.78, 5) is 0. The fraction of sp³-hybridized carbons (Fsp3) is 0.579. The molecule has 1 fully saturated rings. The summed E-state index contributed by atoms with van der Waals surface area (Å²) in [5.41, 5.74) is 2.63. The molecule has 23 heavy (non-hydrogen) atoms. The lowest BCUT2D eigenvalue weighted by Crippen LogP contribution is -2.70. The number of aliphatic hydroxyl groups is 1. The standard InChI is InChI=1S/C19H24NO3/c1-20(2)9-8-19-12-5-6-14(21)18(19)23-17-15(22-3)7-4-11(16(17)19)10-13(12)20/h4-7,12-14,18,21H,8-10H2,1-3H3/q+1/t12-,13-,14-,18-,19+/m0/s1. The predicted octanol–water partition coefficient (Wildman–Crippen LogP) is 1.65. The summed E-state index contributed by atoms with van der Waals surface area (Å²) in [5, 5.41) is 10.6. The Labute approximate surface area is 136 Å². The zero-order valence-electron chi connectivity index (χ0n) is 14.0. The van der Waals surface area contributed by atoms with E-state index in [0.717, 1.165) is 35.4 Å². The number of likely N-dealkylation sites (tertiary alicyclic amines) is 1. The molecule has 0 radical (unpaired) electrons. The summed E-state index contributed by atoms with van der Waals surface area (Å²) in [7, 11) is 6.38. The second-order valence-corrected chi connectivity index (χ2v) is 8.13. The topological polar surface area (TPSA) is 38.7 Å². The highest BCUT2D eigenvalue weighted by atomic mass is 16.5. The van der Waals surface area contributed by atoms with Gasteiger partial charge in [0.1, 0.15) is 18.2 Å². The Morgan fingerprint density at radius 2 is 2.13 bits per heavy atom. The first-order chi connectivity index (χ1) is 11.0. The third kappa shape index (κ3) is 1.45. The Balaban J connectivity index is 1.82. The number of likely N-dealkylation sites (N-methyl/N-ethyl adjacent to an activating group) is 1. The van der Waals surface area contributed by atoms with Crippen LogP contribution in [-0.2, 0) is 11.8 Å². The molecule has 0 amide bonds. The molecule has 4 nitrogen and oxygen atoms in total. The molecule has 1 aromatic rings. The van der Waals surface area contributed by atoms with E-state index in [-0.39, 0.29) is 11.5 Å². The number of ether oxygens (including phenoxy) is 2. The maximum Gasteiger partial charge on any atom is 0.165 e. The van der Waals surface area contributed by atoms with Crippen molar-refractivity contribution in [3.63, 3.8) is 0 Å². The molecule has 1 saturated heterocycles. The van der Waals surface area contributed by atoms with Crippen LogP contribution in [0.25, 0.3) is 0 Å². The van der Waals surface area contributed by atoms with Gasteiger partial charge in [-0.25, -0.2) is 0 Å². The van der Waals surface area contributed by atoms with Crippen LogP contribution in [0.4, 0.5) is 0 Å². The summed E-state index contributed by atoms with van der Waals surface area (Å²) in [6.45, 7) is 1.12. The second-order valence-electron chi connectivity index (χ2n) is 8.13. The van der Waals surface area contributed by atoms with Crippen molar-refractivity contribution in [2.24, 2.45) is 5.92 Å². The van der Waals surface area contributed by atoms with E-state index in [4.69, 9.17) is 9.47 Å². The van der Waals surface area contributed by atoms with Crippen LogP contribution >= 0.6 is 0 Å². The summed E-state index contributed by atoms with van der Waals surface area (Å²) in [5.74, 6) is 2.12. The molecule has 1 spiro atoms. The fourth-order valence-electron chi connectivity index (χ4n) is 5.75. The van der Waals surface area contributed by atoms with Crippen LogP contribution < -0.4 is 9.47 Å². The number of hydrogen-bond donors (Lipinski definition) is 1. The van der Waals surface area contributed by atoms with Gasteiger partial charge in [0.05, 0.1) is 33.2 Å². The number of methoxy groups -OCH3 is 1. The van der Waals surface area contributed by atoms with Crippen molar-refractivity contribution < 1.29 is 19.1 Å². The first-order valence-electron chi connectivity index (χ1n) is 8.55. The Morgan fingerprint density at radius 3 is 2.91 bits per heavy atom. The molecule has 122 valence electrons. The highest BCUT2D eigenvalue weighted by Gasteiger charge is 2.67. The van der Waals surface area contributed by atoms with E-state index in [1.807, 2.05) is 12.1 Å². The molecule has 1 aromatic carbocycles. The van der Waals surface area contributed by atoms with E-state index in [0.29, 0.717) is 12.0 Å². The third-order valence-electron chi connectivity index (χ3n) is 6.91. The van der Waals surface area contributed by atoms with Gasteiger partial charge in [-0.05, 0) is 11.6 Å². The van der Waals surface area contributed by atoms with Crippen LogP contribution in [0, 0.1) is 5.92 Å². The number of rotatable bonds is 1. The molecule has 2 bridgehead atoms. The molecule has 1 N–H and O–H groups in total. The smallest absolute Gasteiger partial charge is 0.165 e. The highest BCUT2D eigenvalue weighted by molar-refractivity contribution is 5.61. The SMILES string of the molecule is COc1ccc2c3c1O[C@H]1[C@@H](O)C=C[C@H]4[C@H](C2)[N+](C)(C)CC[C@]341. The van der Waals surface area contributed by atoms with E-state index in [1.165, 1.54) is 11.1 Å². The van der Waals surface area contributed by atoms with Gasteiger partial charge in [0.2, 0.25) is 0 Å². The van der Waals surface area contributed by atoms with Gasteiger partial charge >= 0.3 is 0 Å². The molecule has 5 atom stereocenters. The predicted molar refractivity (Wildman–Crippen MR) is 86.8 cm³/mol. The van der Waals surface area contributed by atoms with Crippen molar-refractivity contribution in [1.29, 1.82) is 0 Å². The Bertz CT molecular complexity index is 726. The van der Waals surface area contributed by atoms with E-state index in [2.05, 4.69) is 26.2 Å². The molecule has 4 aliphatic rings. The molecular weight excluding hydrogens is 290 g/mol. The van der Waals surface area contributed by atoms with Crippen molar-refractivity contribution in [2.45, 2.75) is 36.5 Å². The van der Waals surface area contributed by atoms with Crippen LogP contribution in [0.2, 0.25) is 0 Å². The Kier molecular flexibility index (Phi) is 2.48. The maximum absolute atomic E-state index is 10.6. The van der Waals surface area contributed by atoms with Crippen molar-refractivity contribution in [1.82, 2.24) is 0 Å². The quantitative estimate of drug-likeness (QED) is 0.633. The molecule has 0 unspecified atom stereocenters. The maximum atomic E-state index is 10.6. The van der Waals surface area contributed by atoms with Gasteiger partial charge in [-0.2, -0.15) is 0 Å². The molecular formula is C19H24NO3+. The molecule has 0 saturated carbocycles. The zero-order valence-corrected chi connectivity index (χ0v) is 14.0. The number of hydrogen-bond acceptors (Lipinski definition) is 3. The van der Waals surface area contributed by atoms with Crippen LogP contribution in [0.5, 0.6) is 11.5 Å². The third-order valence-corrected chi connectivity index (χ3v) is 6.91. The van der Waals surface area contributed by atoms with E-state index < -0.39 is 6.10 Å². The largest absolute Gasteiger partial charge is 0.493 e. The highest BCUT2D eigenvalue weighted by Crippen LogP contribution is 2.63. The lowest BCUT2D eigenvalue weighted by Gasteiger charge is -2.58. The van der Waals surface area contributed by atoms with Gasteiger partial charge < -0.3 is 19.1 Å². The normalized spacial score (nSPS) is 41.2. The van der Waals surface area contributed by atoms with Crippen LogP contribution in [-0.4, -0.2) is 55.6 Å². The Hall–Kier alpha value is -1.52. The van der Waals surface area contributed by atoms with Crippen molar-refractivity contribution in [3.05, 3.63) is 35.4 Å². The number of quaternary nitrogens is 1. The van der Waals surface area contributed by atoms with Gasteiger partial charge in [-0.3, -0.25) is 0 Å². The minimum absolute atomic E-state index is 0.0793. The minimum Gasteiger partial charge on any atom is -0.493 e. The molecule has 2 heterocycles. The van der Waals surface area contributed by atoms with Gasteiger partial charge in [-0.1, -0.05) is 18.2 Å². The van der Waals surface area contributed by atoms with Crippen molar-refractivity contribution in [2.75, 3.05) is 27.7 Å². The summed E-state index contributed by atoms with van der Waals surface area (Å²) in [6.07, 6.45) is 5.64. The van der Waals surface area contributed by atoms with Crippen LogP contribution in [0.1, 0.15) is 17.5 Å². The van der Waals surface area contributed by atoms with Gasteiger partial charge in [0, 0.05) is 24.3 Å². The van der Waals surface area contributed by atoms with Gasteiger partial charge in [-0.15, -0.1) is 0 Å².